The van der Waals surface area contributed by atoms with E-state index in [1.54, 1.807) is 12.1 Å². The van der Waals surface area contributed by atoms with Gasteiger partial charge in [0.25, 0.3) is 0 Å². The molecule has 1 saturated carbocycles. The number of aliphatic carboxylic acids is 1. The zero-order chi connectivity index (χ0) is 15.5. The van der Waals surface area contributed by atoms with Gasteiger partial charge < -0.3 is 16.2 Å². The van der Waals surface area contributed by atoms with Gasteiger partial charge in [-0.25, -0.2) is 0 Å². The summed E-state index contributed by atoms with van der Waals surface area (Å²) in [7, 11) is 0. The van der Waals surface area contributed by atoms with Gasteiger partial charge in [-0.05, 0) is 42.9 Å². The minimum absolute atomic E-state index is 0.0467. The number of nitrogens with two attached hydrogens (primary N) is 1. The first-order valence-electron chi connectivity index (χ1n) is 7.28. The first-order valence-corrected chi connectivity index (χ1v) is 7.28. The van der Waals surface area contributed by atoms with E-state index in [1.165, 1.54) is 0 Å². The fourth-order valence-electron chi connectivity index (χ4n) is 2.61. The lowest BCUT2D eigenvalue weighted by atomic mass is 9.75. The Bertz CT molecular complexity index is 521. The zero-order valence-corrected chi connectivity index (χ0v) is 12.3. The standard InChI is InChI=1S/C16H22N2O3/c1-11(9-15(20)21)12-3-5-13(6-4-12)18-14(19)10-16(17)7-2-8-16/h3-6,11H,2,7-10,17H2,1H3,(H,18,19)(H,20,21). The number of carbonyl (C=O) groups excluding carboxylic acids is 1. The molecule has 0 aromatic heterocycles. The summed E-state index contributed by atoms with van der Waals surface area (Å²) in [6.45, 7) is 1.87. The SMILES string of the molecule is CC(CC(=O)O)c1ccc(NC(=O)CC2(N)CCC2)cc1. The average molecular weight is 290 g/mol. The van der Waals surface area contributed by atoms with Crippen LogP contribution < -0.4 is 11.1 Å². The molecule has 0 radical (unpaired) electrons. The number of rotatable bonds is 6. The second kappa shape index (κ2) is 6.26. The Morgan fingerprint density at radius 3 is 2.43 bits per heavy atom. The average Bonchev–Trinajstić information content (AvgIpc) is 2.36. The van der Waals surface area contributed by atoms with E-state index in [-0.39, 0.29) is 23.8 Å². The van der Waals surface area contributed by atoms with E-state index >= 15 is 0 Å². The van der Waals surface area contributed by atoms with Crippen LogP contribution in [-0.4, -0.2) is 22.5 Å². The van der Waals surface area contributed by atoms with Crippen molar-refractivity contribution in [3.63, 3.8) is 0 Å². The van der Waals surface area contributed by atoms with Crippen molar-refractivity contribution < 1.29 is 14.7 Å². The van der Waals surface area contributed by atoms with E-state index in [2.05, 4.69) is 5.32 Å². The first kappa shape index (κ1) is 15.5. The minimum Gasteiger partial charge on any atom is -0.481 e. The van der Waals surface area contributed by atoms with E-state index < -0.39 is 5.97 Å². The zero-order valence-electron chi connectivity index (χ0n) is 12.3. The van der Waals surface area contributed by atoms with Gasteiger partial charge in [-0.2, -0.15) is 0 Å². The number of carboxylic acids is 1. The molecule has 5 nitrogen and oxygen atoms in total. The molecule has 0 bridgehead atoms. The molecule has 1 amide bonds. The number of hydrogen-bond donors (Lipinski definition) is 3. The summed E-state index contributed by atoms with van der Waals surface area (Å²) in [5, 5.41) is 11.6. The summed E-state index contributed by atoms with van der Waals surface area (Å²) < 4.78 is 0. The van der Waals surface area contributed by atoms with Crippen molar-refractivity contribution in [2.75, 3.05) is 5.32 Å². The van der Waals surface area contributed by atoms with Crippen LogP contribution in [0.1, 0.15) is 50.5 Å². The highest BCUT2D eigenvalue weighted by Crippen LogP contribution is 2.32. The van der Waals surface area contributed by atoms with E-state index in [1.807, 2.05) is 19.1 Å². The number of benzene rings is 1. The van der Waals surface area contributed by atoms with Crippen LogP contribution in [0.2, 0.25) is 0 Å². The van der Waals surface area contributed by atoms with Crippen LogP contribution in [0.15, 0.2) is 24.3 Å². The molecular formula is C16H22N2O3. The van der Waals surface area contributed by atoms with Crippen LogP contribution in [0, 0.1) is 0 Å². The smallest absolute Gasteiger partial charge is 0.303 e. The predicted molar refractivity (Wildman–Crippen MR) is 81.1 cm³/mol. The fourth-order valence-corrected chi connectivity index (χ4v) is 2.61. The summed E-state index contributed by atoms with van der Waals surface area (Å²) in [5.41, 5.74) is 7.40. The largest absolute Gasteiger partial charge is 0.481 e. The van der Waals surface area contributed by atoms with Crippen LogP contribution >= 0.6 is 0 Å². The maximum atomic E-state index is 11.9. The Morgan fingerprint density at radius 1 is 1.33 bits per heavy atom. The summed E-state index contributed by atoms with van der Waals surface area (Å²) in [5.74, 6) is -0.924. The highest BCUT2D eigenvalue weighted by molar-refractivity contribution is 5.91. The van der Waals surface area contributed by atoms with E-state index in [4.69, 9.17) is 10.8 Å². The third kappa shape index (κ3) is 4.29. The van der Waals surface area contributed by atoms with Gasteiger partial charge in [-0.3, -0.25) is 9.59 Å². The van der Waals surface area contributed by atoms with Crippen LogP contribution in [0.25, 0.3) is 0 Å². The lowest BCUT2D eigenvalue weighted by molar-refractivity contribution is -0.137. The molecule has 21 heavy (non-hydrogen) atoms. The molecule has 0 heterocycles. The Balaban J connectivity index is 1.89. The molecule has 1 aromatic carbocycles. The van der Waals surface area contributed by atoms with Gasteiger partial charge in [0.05, 0.1) is 6.42 Å². The molecule has 0 aliphatic heterocycles. The molecule has 0 saturated heterocycles. The van der Waals surface area contributed by atoms with Gasteiger partial charge in [0.2, 0.25) is 5.91 Å². The lowest BCUT2D eigenvalue weighted by Crippen LogP contribution is -2.48. The number of hydrogen-bond acceptors (Lipinski definition) is 3. The van der Waals surface area contributed by atoms with E-state index in [0.29, 0.717) is 12.1 Å². The summed E-state index contributed by atoms with van der Waals surface area (Å²) >= 11 is 0. The van der Waals surface area contributed by atoms with Gasteiger partial charge in [0.1, 0.15) is 0 Å². The molecule has 1 aromatic rings. The molecule has 1 aliphatic rings. The van der Waals surface area contributed by atoms with Gasteiger partial charge >= 0.3 is 5.97 Å². The van der Waals surface area contributed by atoms with Gasteiger partial charge in [-0.15, -0.1) is 0 Å². The Hall–Kier alpha value is -1.88. The number of amides is 1. The van der Waals surface area contributed by atoms with Crippen molar-refractivity contribution in [3.05, 3.63) is 29.8 Å². The highest BCUT2D eigenvalue weighted by Gasteiger charge is 2.34. The first-order chi connectivity index (χ1) is 9.88. The lowest BCUT2D eigenvalue weighted by Gasteiger charge is -2.37. The molecule has 2 rings (SSSR count). The number of carboxylic acid groups (broad SMARTS) is 1. The fraction of sp³-hybridized carbons (Fsp3) is 0.500. The molecule has 4 N–H and O–H groups in total. The summed E-state index contributed by atoms with van der Waals surface area (Å²) in [6, 6.07) is 7.31. The summed E-state index contributed by atoms with van der Waals surface area (Å²) in [6.07, 6.45) is 3.36. The van der Waals surface area contributed by atoms with Crippen LogP contribution in [0.4, 0.5) is 5.69 Å². The monoisotopic (exact) mass is 290 g/mol. The molecule has 0 spiro atoms. The molecule has 1 fully saturated rings. The molecule has 1 aliphatic carbocycles. The van der Waals surface area contributed by atoms with Crippen molar-refractivity contribution >= 4 is 17.6 Å². The number of carbonyl (C=O) groups is 2. The quantitative estimate of drug-likeness (QED) is 0.750. The van der Waals surface area contributed by atoms with Crippen molar-refractivity contribution in [2.24, 2.45) is 5.73 Å². The van der Waals surface area contributed by atoms with Crippen LogP contribution in [0.3, 0.4) is 0 Å². The van der Waals surface area contributed by atoms with Crippen molar-refractivity contribution in [1.29, 1.82) is 0 Å². The maximum absolute atomic E-state index is 11.9. The third-order valence-corrected chi connectivity index (χ3v) is 4.11. The molecule has 114 valence electrons. The molecule has 1 atom stereocenters. The van der Waals surface area contributed by atoms with Gasteiger partial charge in [0.15, 0.2) is 0 Å². The van der Waals surface area contributed by atoms with Crippen molar-refractivity contribution in [3.8, 4) is 0 Å². The normalized spacial score (nSPS) is 17.6. The van der Waals surface area contributed by atoms with Gasteiger partial charge in [0, 0.05) is 17.6 Å². The second-order valence-electron chi connectivity index (χ2n) is 6.06. The number of anilines is 1. The van der Waals surface area contributed by atoms with E-state index in [9.17, 15) is 9.59 Å². The van der Waals surface area contributed by atoms with Crippen molar-refractivity contribution in [2.45, 2.75) is 50.5 Å². The maximum Gasteiger partial charge on any atom is 0.303 e. The van der Waals surface area contributed by atoms with Crippen LogP contribution in [0.5, 0.6) is 0 Å². The molecule has 5 heteroatoms. The highest BCUT2D eigenvalue weighted by atomic mass is 16.4. The number of nitrogens with one attached hydrogen (secondary N) is 1. The molecule has 1 unspecified atom stereocenters. The Labute approximate surface area is 124 Å². The Kier molecular flexibility index (Phi) is 4.63. The predicted octanol–water partition coefficient (Wildman–Crippen LogP) is 2.47. The van der Waals surface area contributed by atoms with E-state index in [0.717, 1.165) is 24.8 Å². The summed E-state index contributed by atoms with van der Waals surface area (Å²) in [4.78, 5) is 22.6. The third-order valence-electron chi connectivity index (χ3n) is 4.11. The van der Waals surface area contributed by atoms with Crippen molar-refractivity contribution in [1.82, 2.24) is 0 Å². The minimum atomic E-state index is -0.811. The van der Waals surface area contributed by atoms with Crippen LogP contribution in [-0.2, 0) is 9.59 Å². The molecular weight excluding hydrogens is 268 g/mol. The van der Waals surface area contributed by atoms with Gasteiger partial charge in [-0.1, -0.05) is 19.1 Å². The topological polar surface area (TPSA) is 92.4 Å². The Morgan fingerprint density at radius 2 is 1.95 bits per heavy atom. The second-order valence-corrected chi connectivity index (χ2v) is 6.06.